The van der Waals surface area contributed by atoms with Crippen molar-refractivity contribution in [3.05, 3.63) is 35.5 Å². The van der Waals surface area contributed by atoms with Gasteiger partial charge in [-0.15, -0.1) is 0 Å². The van der Waals surface area contributed by atoms with Gasteiger partial charge in [0.25, 0.3) is 5.89 Å². The number of nitrogens with zero attached hydrogens (tertiary/aromatic N) is 5. The van der Waals surface area contributed by atoms with Crippen LogP contribution in [-0.2, 0) is 11.2 Å². The largest absolute Gasteiger partial charge is 0.362 e. The summed E-state index contributed by atoms with van der Waals surface area (Å²) >= 11 is 0. The zero-order valence-corrected chi connectivity index (χ0v) is 15.6. The Labute approximate surface area is 157 Å². The van der Waals surface area contributed by atoms with Crippen LogP contribution in [0.3, 0.4) is 0 Å². The predicted octanol–water partition coefficient (Wildman–Crippen LogP) is 1.76. The second-order valence-electron chi connectivity index (χ2n) is 7.23. The molecule has 2 aliphatic rings. The number of carbonyl (C=O) groups excluding carboxylic acids is 1. The normalized spacial score (nSPS) is 22.7. The summed E-state index contributed by atoms with van der Waals surface area (Å²) in [5.74, 6) is 2.45. The molecule has 144 valence electrons. The van der Waals surface area contributed by atoms with Crippen molar-refractivity contribution >= 4 is 6.03 Å². The number of hydrogen-bond donors (Lipinski definition) is 1. The second-order valence-corrected chi connectivity index (χ2v) is 7.23. The van der Waals surface area contributed by atoms with Gasteiger partial charge < -0.3 is 19.5 Å². The summed E-state index contributed by atoms with van der Waals surface area (Å²) in [7, 11) is 0. The molecule has 0 spiro atoms. The van der Waals surface area contributed by atoms with Crippen molar-refractivity contribution in [3.8, 4) is 0 Å². The summed E-state index contributed by atoms with van der Waals surface area (Å²) in [6.45, 7) is 5.12. The van der Waals surface area contributed by atoms with E-state index in [1.54, 1.807) is 11.8 Å². The van der Waals surface area contributed by atoms with Gasteiger partial charge in [-0.3, -0.25) is 0 Å². The van der Waals surface area contributed by atoms with E-state index in [9.17, 15) is 4.79 Å². The van der Waals surface area contributed by atoms with Gasteiger partial charge in [0.15, 0.2) is 11.9 Å². The lowest BCUT2D eigenvalue weighted by Crippen LogP contribution is -2.50. The maximum Gasteiger partial charge on any atom is 0.317 e. The highest BCUT2D eigenvalue weighted by atomic mass is 16.5. The molecule has 1 saturated carbocycles. The zero-order chi connectivity index (χ0) is 18.8. The molecule has 9 heteroatoms. The SMILES string of the molecule is Cc1noc([C@H]2CN(C(=O)NCCc3cnc(C4CC4)nc3)C[C@@H](C)O2)n1. The van der Waals surface area contributed by atoms with Crippen LogP contribution in [0.15, 0.2) is 16.9 Å². The summed E-state index contributed by atoms with van der Waals surface area (Å²) in [5.41, 5.74) is 1.02. The number of ether oxygens (including phenoxy) is 1. The Hall–Kier alpha value is -2.55. The Bertz CT molecular complexity index is 789. The molecular weight excluding hydrogens is 348 g/mol. The number of hydrogen-bond acceptors (Lipinski definition) is 7. The predicted molar refractivity (Wildman–Crippen MR) is 95.0 cm³/mol. The van der Waals surface area contributed by atoms with Crippen LogP contribution in [-0.4, -0.2) is 56.8 Å². The van der Waals surface area contributed by atoms with Crippen molar-refractivity contribution in [2.24, 2.45) is 0 Å². The lowest BCUT2D eigenvalue weighted by molar-refractivity contribution is -0.0781. The molecule has 4 rings (SSSR count). The van der Waals surface area contributed by atoms with Crippen LogP contribution in [0.5, 0.6) is 0 Å². The van der Waals surface area contributed by atoms with Crippen molar-refractivity contribution in [2.45, 2.75) is 51.2 Å². The maximum absolute atomic E-state index is 12.5. The van der Waals surface area contributed by atoms with Crippen molar-refractivity contribution in [2.75, 3.05) is 19.6 Å². The summed E-state index contributed by atoms with van der Waals surface area (Å²) in [4.78, 5) is 27.3. The first-order valence-electron chi connectivity index (χ1n) is 9.37. The maximum atomic E-state index is 12.5. The molecule has 1 aliphatic carbocycles. The molecule has 0 bridgehead atoms. The number of rotatable bonds is 5. The lowest BCUT2D eigenvalue weighted by Gasteiger charge is -2.35. The average molecular weight is 372 g/mol. The minimum Gasteiger partial charge on any atom is -0.362 e. The molecule has 0 radical (unpaired) electrons. The molecule has 1 saturated heterocycles. The molecule has 0 unspecified atom stereocenters. The van der Waals surface area contributed by atoms with E-state index >= 15 is 0 Å². The van der Waals surface area contributed by atoms with Crippen LogP contribution in [0, 0.1) is 6.92 Å². The Morgan fingerprint density at radius 3 is 2.74 bits per heavy atom. The number of nitrogens with one attached hydrogen (secondary N) is 1. The fourth-order valence-corrected chi connectivity index (χ4v) is 3.17. The van der Waals surface area contributed by atoms with E-state index < -0.39 is 6.10 Å². The molecule has 2 aromatic heterocycles. The second kappa shape index (κ2) is 7.59. The molecule has 2 amide bonds. The summed E-state index contributed by atoms with van der Waals surface area (Å²) < 4.78 is 11.0. The third-order valence-electron chi connectivity index (χ3n) is 4.72. The summed E-state index contributed by atoms with van der Waals surface area (Å²) in [6, 6.07) is -0.123. The highest BCUT2D eigenvalue weighted by molar-refractivity contribution is 5.74. The van der Waals surface area contributed by atoms with Crippen LogP contribution in [0.25, 0.3) is 0 Å². The Balaban J connectivity index is 1.28. The first-order valence-corrected chi connectivity index (χ1v) is 9.37. The topological polar surface area (TPSA) is 106 Å². The van der Waals surface area contributed by atoms with Crippen molar-refractivity contribution in [1.82, 2.24) is 30.3 Å². The third kappa shape index (κ3) is 4.41. The van der Waals surface area contributed by atoms with Crippen molar-refractivity contribution in [1.29, 1.82) is 0 Å². The number of urea groups is 1. The molecule has 2 fully saturated rings. The molecular formula is C18H24N6O3. The van der Waals surface area contributed by atoms with Crippen molar-refractivity contribution in [3.63, 3.8) is 0 Å². The highest BCUT2D eigenvalue weighted by Gasteiger charge is 2.32. The molecule has 1 N–H and O–H groups in total. The van der Waals surface area contributed by atoms with Crippen LogP contribution in [0.1, 0.15) is 54.9 Å². The number of aryl methyl sites for hydroxylation is 1. The smallest absolute Gasteiger partial charge is 0.317 e. The van der Waals surface area contributed by atoms with Gasteiger partial charge in [-0.25, -0.2) is 14.8 Å². The van der Waals surface area contributed by atoms with E-state index in [0.29, 0.717) is 43.7 Å². The number of carbonyl (C=O) groups is 1. The summed E-state index contributed by atoms with van der Waals surface area (Å²) in [5, 5.41) is 6.75. The standard InChI is InChI=1S/C18H24N6O3/c1-11-9-24(10-15(26-11)17-22-12(2)23-27-17)18(25)19-6-5-13-7-20-16(21-8-13)14-3-4-14/h7-8,11,14-15H,3-6,9-10H2,1-2H3,(H,19,25)/t11-,15-/m1/s1. The van der Waals surface area contributed by atoms with E-state index in [0.717, 1.165) is 11.4 Å². The monoisotopic (exact) mass is 372 g/mol. The minimum atomic E-state index is -0.399. The summed E-state index contributed by atoms with van der Waals surface area (Å²) in [6.07, 6.45) is 6.29. The Morgan fingerprint density at radius 1 is 1.30 bits per heavy atom. The molecule has 1 aliphatic heterocycles. The van der Waals surface area contributed by atoms with Crippen LogP contribution in [0.4, 0.5) is 4.79 Å². The third-order valence-corrected chi connectivity index (χ3v) is 4.72. The molecule has 0 aromatic carbocycles. The van der Waals surface area contributed by atoms with E-state index in [1.807, 2.05) is 19.3 Å². The van der Waals surface area contributed by atoms with Gasteiger partial charge in [0.2, 0.25) is 0 Å². The van der Waals surface area contributed by atoms with Crippen LogP contribution >= 0.6 is 0 Å². The number of morpholine rings is 1. The number of amides is 2. The fourth-order valence-electron chi connectivity index (χ4n) is 3.17. The zero-order valence-electron chi connectivity index (χ0n) is 15.6. The van der Waals surface area contributed by atoms with Crippen LogP contribution < -0.4 is 5.32 Å². The molecule has 9 nitrogen and oxygen atoms in total. The first-order chi connectivity index (χ1) is 13.1. The Morgan fingerprint density at radius 2 is 2.07 bits per heavy atom. The molecule has 3 heterocycles. The number of aromatic nitrogens is 4. The van der Waals surface area contributed by atoms with Crippen LogP contribution in [0.2, 0.25) is 0 Å². The van der Waals surface area contributed by atoms with Gasteiger partial charge in [0.1, 0.15) is 5.82 Å². The Kier molecular flexibility index (Phi) is 5.02. The van der Waals surface area contributed by atoms with Gasteiger partial charge in [-0.1, -0.05) is 5.16 Å². The molecule has 2 aromatic rings. The molecule has 27 heavy (non-hydrogen) atoms. The first kappa shape index (κ1) is 17.8. The van der Waals surface area contributed by atoms with Gasteiger partial charge in [-0.2, -0.15) is 4.98 Å². The minimum absolute atomic E-state index is 0.106. The van der Waals surface area contributed by atoms with E-state index in [1.165, 1.54) is 12.8 Å². The fraction of sp³-hybridized carbons (Fsp3) is 0.611. The highest BCUT2D eigenvalue weighted by Crippen LogP contribution is 2.37. The van der Waals surface area contributed by atoms with E-state index in [-0.39, 0.29) is 12.1 Å². The lowest BCUT2D eigenvalue weighted by atomic mass is 10.2. The van der Waals surface area contributed by atoms with E-state index in [4.69, 9.17) is 9.26 Å². The van der Waals surface area contributed by atoms with Crippen molar-refractivity contribution < 1.29 is 14.1 Å². The van der Waals surface area contributed by atoms with E-state index in [2.05, 4.69) is 25.4 Å². The quantitative estimate of drug-likeness (QED) is 0.852. The van der Waals surface area contributed by atoms with Gasteiger partial charge in [0, 0.05) is 31.4 Å². The van der Waals surface area contributed by atoms with Gasteiger partial charge in [0.05, 0.1) is 12.6 Å². The van der Waals surface area contributed by atoms with Gasteiger partial charge >= 0.3 is 6.03 Å². The average Bonchev–Trinajstić information content (AvgIpc) is 3.42. The molecule has 2 atom stereocenters. The van der Waals surface area contributed by atoms with Gasteiger partial charge in [-0.05, 0) is 38.7 Å².